The maximum absolute atomic E-state index is 13.3. The predicted octanol–water partition coefficient (Wildman–Crippen LogP) is 2.49. The summed E-state index contributed by atoms with van der Waals surface area (Å²) in [5, 5.41) is 0. The summed E-state index contributed by atoms with van der Waals surface area (Å²) in [7, 11) is -2.17. The number of methoxy groups -OCH3 is 1. The van der Waals surface area contributed by atoms with E-state index in [0.29, 0.717) is 37.6 Å². The highest BCUT2D eigenvalue weighted by Crippen LogP contribution is 2.26. The van der Waals surface area contributed by atoms with Crippen molar-refractivity contribution in [3.05, 3.63) is 59.4 Å². The smallest absolute Gasteiger partial charge is 0.240 e. The van der Waals surface area contributed by atoms with Crippen LogP contribution in [0.1, 0.15) is 17.2 Å². The molecule has 1 aliphatic heterocycles. The molecule has 8 heteroatoms. The van der Waals surface area contributed by atoms with Crippen molar-refractivity contribution < 1.29 is 22.3 Å². The zero-order chi connectivity index (χ0) is 20.1. The van der Waals surface area contributed by atoms with E-state index in [1.807, 2.05) is 24.3 Å². The fraction of sp³-hybridized carbons (Fsp3) is 0.400. The lowest BCUT2D eigenvalue weighted by Crippen LogP contribution is -2.43. The Bertz CT molecular complexity index is 914. The number of rotatable bonds is 7. The highest BCUT2D eigenvalue weighted by Gasteiger charge is 2.26. The van der Waals surface area contributed by atoms with Crippen LogP contribution in [0.25, 0.3) is 0 Å². The van der Waals surface area contributed by atoms with Crippen LogP contribution in [-0.2, 0) is 14.8 Å². The van der Waals surface area contributed by atoms with Crippen molar-refractivity contribution in [2.24, 2.45) is 0 Å². The van der Waals surface area contributed by atoms with Gasteiger partial charge in [0, 0.05) is 25.7 Å². The van der Waals surface area contributed by atoms with Gasteiger partial charge in [-0.3, -0.25) is 4.90 Å². The Kier molecular flexibility index (Phi) is 6.66. The molecule has 0 radical (unpaired) electrons. The van der Waals surface area contributed by atoms with Gasteiger partial charge in [-0.2, -0.15) is 0 Å². The van der Waals surface area contributed by atoms with Crippen molar-refractivity contribution in [2.75, 3.05) is 40.0 Å². The second kappa shape index (κ2) is 9.00. The van der Waals surface area contributed by atoms with E-state index in [1.165, 1.54) is 12.1 Å². The number of morpholine rings is 1. The van der Waals surface area contributed by atoms with E-state index in [-0.39, 0.29) is 17.5 Å². The van der Waals surface area contributed by atoms with E-state index in [9.17, 15) is 12.8 Å². The molecule has 0 bridgehead atoms. The van der Waals surface area contributed by atoms with Gasteiger partial charge in [0.2, 0.25) is 10.0 Å². The Balaban J connectivity index is 1.84. The predicted molar refractivity (Wildman–Crippen MR) is 104 cm³/mol. The molecule has 1 saturated heterocycles. The molecule has 3 rings (SSSR count). The molecule has 0 aromatic heterocycles. The van der Waals surface area contributed by atoms with Crippen molar-refractivity contribution in [1.82, 2.24) is 9.62 Å². The van der Waals surface area contributed by atoms with Gasteiger partial charge in [-0.25, -0.2) is 17.5 Å². The van der Waals surface area contributed by atoms with E-state index in [4.69, 9.17) is 9.47 Å². The molecule has 1 fully saturated rings. The third kappa shape index (κ3) is 4.88. The lowest BCUT2D eigenvalue weighted by atomic mass is 10.0. The van der Waals surface area contributed by atoms with Crippen LogP contribution in [-0.4, -0.2) is 53.3 Å². The number of aryl methyl sites for hydroxylation is 1. The zero-order valence-electron chi connectivity index (χ0n) is 16.0. The number of nitrogens with one attached hydrogen (secondary N) is 1. The van der Waals surface area contributed by atoms with Gasteiger partial charge in [0.05, 0.1) is 25.2 Å². The van der Waals surface area contributed by atoms with E-state index in [2.05, 4.69) is 9.62 Å². The van der Waals surface area contributed by atoms with Gasteiger partial charge >= 0.3 is 0 Å². The summed E-state index contributed by atoms with van der Waals surface area (Å²) < 4.78 is 52.4. The Morgan fingerprint density at radius 3 is 2.64 bits per heavy atom. The fourth-order valence-electron chi connectivity index (χ4n) is 3.38. The van der Waals surface area contributed by atoms with Crippen LogP contribution < -0.4 is 9.46 Å². The normalized spacial score (nSPS) is 16.7. The van der Waals surface area contributed by atoms with Crippen molar-refractivity contribution in [3.63, 3.8) is 0 Å². The maximum Gasteiger partial charge on any atom is 0.240 e. The lowest BCUT2D eigenvalue weighted by Gasteiger charge is -2.35. The first kappa shape index (κ1) is 20.7. The van der Waals surface area contributed by atoms with Gasteiger partial charge in [-0.1, -0.05) is 12.1 Å². The summed E-state index contributed by atoms with van der Waals surface area (Å²) in [6.07, 6.45) is 0. The second-order valence-electron chi connectivity index (χ2n) is 6.70. The van der Waals surface area contributed by atoms with Crippen LogP contribution >= 0.6 is 0 Å². The third-order valence-electron chi connectivity index (χ3n) is 4.86. The standard InChI is InChI=1S/C20H25FN2O4S/c1-15-12-17(21)6-7-20(15)28(24,25)22-14-19(23-8-10-27-11-9-23)16-4-3-5-18(13-16)26-2/h3-7,12-13,19,22H,8-11,14H2,1-2H3/t19-/m0/s1. The highest BCUT2D eigenvalue weighted by atomic mass is 32.2. The molecule has 0 unspecified atom stereocenters. The minimum atomic E-state index is -3.77. The Hall–Kier alpha value is -2.00. The molecular weight excluding hydrogens is 383 g/mol. The number of hydrogen-bond acceptors (Lipinski definition) is 5. The van der Waals surface area contributed by atoms with Crippen LogP contribution in [0.15, 0.2) is 47.4 Å². The number of halogens is 1. The molecular formula is C20H25FN2O4S. The highest BCUT2D eigenvalue weighted by molar-refractivity contribution is 7.89. The Morgan fingerprint density at radius 2 is 1.96 bits per heavy atom. The second-order valence-corrected chi connectivity index (χ2v) is 8.44. The van der Waals surface area contributed by atoms with Gasteiger partial charge in [-0.15, -0.1) is 0 Å². The molecule has 28 heavy (non-hydrogen) atoms. The summed E-state index contributed by atoms with van der Waals surface area (Å²) in [5.41, 5.74) is 1.33. The molecule has 0 aliphatic carbocycles. The Morgan fingerprint density at radius 1 is 1.21 bits per heavy atom. The van der Waals surface area contributed by atoms with E-state index >= 15 is 0 Å². The molecule has 1 aliphatic rings. The molecule has 2 aromatic rings. The lowest BCUT2D eigenvalue weighted by molar-refractivity contribution is 0.0171. The number of nitrogens with zero attached hydrogens (tertiary/aromatic N) is 1. The zero-order valence-corrected chi connectivity index (χ0v) is 16.8. The summed E-state index contributed by atoms with van der Waals surface area (Å²) in [4.78, 5) is 2.28. The van der Waals surface area contributed by atoms with E-state index in [1.54, 1.807) is 14.0 Å². The largest absolute Gasteiger partial charge is 0.497 e. The van der Waals surface area contributed by atoms with Gasteiger partial charge in [0.1, 0.15) is 11.6 Å². The van der Waals surface area contributed by atoms with Crippen LogP contribution in [0.4, 0.5) is 4.39 Å². The number of hydrogen-bond donors (Lipinski definition) is 1. The quantitative estimate of drug-likeness (QED) is 0.763. The molecule has 6 nitrogen and oxygen atoms in total. The van der Waals surface area contributed by atoms with Crippen molar-refractivity contribution in [3.8, 4) is 5.75 Å². The average molecular weight is 408 g/mol. The van der Waals surface area contributed by atoms with Crippen LogP contribution in [0.2, 0.25) is 0 Å². The number of benzene rings is 2. The van der Waals surface area contributed by atoms with Gasteiger partial charge in [-0.05, 0) is 48.4 Å². The molecule has 0 amide bonds. The molecule has 152 valence electrons. The van der Waals surface area contributed by atoms with E-state index in [0.717, 1.165) is 11.6 Å². The first-order valence-corrected chi connectivity index (χ1v) is 10.6. The maximum atomic E-state index is 13.3. The summed E-state index contributed by atoms with van der Waals surface area (Å²) in [6.45, 7) is 4.39. The van der Waals surface area contributed by atoms with Gasteiger partial charge in [0.15, 0.2) is 0 Å². The third-order valence-corrected chi connectivity index (χ3v) is 6.44. The topological polar surface area (TPSA) is 67.9 Å². The minimum Gasteiger partial charge on any atom is -0.497 e. The summed E-state index contributed by atoms with van der Waals surface area (Å²) in [6, 6.07) is 11.1. The molecule has 1 atom stereocenters. The summed E-state index contributed by atoms with van der Waals surface area (Å²) in [5.74, 6) is 0.256. The van der Waals surface area contributed by atoms with Crippen molar-refractivity contribution >= 4 is 10.0 Å². The molecule has 2 aromatic carbocycles. The Labute approximate surface area is 165 Å². The first-order chi connectivity index (χ1) is 13.4. The molecule has 0 spiro atoms. The average Bonchev–Trinajstić information content (AvgIpc) is 2.69. The molecule has 1 heterocycles. The van der Waals surface area contributed by atoms with Gasteiger partial charge < -0.3 is 9.47 Å². The monoisotopic (exact) mass is 408 g/mol. The van der Waals surface area contributed by atoms with E-state index < -0.39 is 15.8 Å². The van der Waals surface area contributed by atoms with Crippen molar-refractivity contribution in [1.29, 1.82) is 0 Å². The SMILES string of the molecule is COc1cccc([C@H](CNS(=O)(=O)c2ccc(F)cc2C)N2CCOCC2)c1. The van der Waals surface area contributed by atoms with Crippen LogP contribution in [0.3, 0.4) is 0 Å². The van der Waals surface area contributed by atoms with Crippen LogP contribution in [0, 0.1) is 12.7 Å². The number of ether oxygens (including phenoxy) is 2. The van der Waals surface area contributed by atoms with Crippen molar-refractivity contribution in [2.45, 2.75) is 17.9 Å². The summed E-state index contributed by atoms with van der Waals surface area (Å²) >= 11 is 0. The number of sulfonamides is 1. The molecule has 1 N–H and O–H groups in total. The fourth-order valence-corrected chi connectivity index (χ4v) is 4.64. The minimum absolute atomic E-state index is 0.0836. The molecule has 0 saturated carbocycles. The first-order valence-electron chi connectivity index (χ1n) is 9.12. The van der Waals surface area contributed by atoms with Crippen LogP contribution in [0.5, 0.6) is 5.75 Å². The van der Waals surface area contributed by atoms with Gasteiger partial charge in [0.25, 0.3) is 0 Å².